The first-order valence-electron chi connectivity index (χ1n) is 45.2. The van der Waals surface area contributed by atoms with Crippen molar-refractivity contribution in [2.45, 2.75) is 64.7 Å². The van der Waals surface area contributed by atoms with Gasteiger partial charge in [-0.25, -0.2) is 0 Å². The van der Waals surface area contributed by atoms with Gasteiger partial charge in [-0.3, -0.25) is 0 Å². The smallest absolute Gasteiger partial charge is 0.143 e. The van der Waals surface area contributed by atoms with Gasteiger partial charge in [0.2, 0.25) is 0 Å². The van der Waals surface area contributed by atoms with Crippen LogP contribution in [0.2, 0.25) is 26.2 Å². The van der Waals surface area contributed by atoms with Crippen LogP contribution in [0.3, 0.4) is 0 Å². The summed E-state index contributed by atoms with van der Waals surface area (Å²) in [7, 11) is -3.64. The van der Waals surface area contributed by atoms with Crippen LogP contribution in [0.5, 0.6) is 0 Å². The molecular weight excluding hydrogens is 1620 g/mol. The highest BCUT2D eigenvalue weighted by atomic mass is 32.1. The molecule has 6 heterocycles. The van der Waals surface area contributed by atoms with E-state index in [0.29, 0.717) is 0 Å². The van der Waals surface area contributed by atoms with E-state index < -0.39 is 16.1 Å². The number of rotatable bonds is 0. The topological polar surface area (TPSA) is 26.3 Å². The predicted octanol–water partition coefficient (Wildman–Crippen LogP) is 33.1. The summed E-state index contributed by atoms with van der Waals surface area (Å²) < 4.78 is 18.4. The zero-order valence-corrected chi connectivity index (χ0v) is 75.6. The van der Waals surface area contributed by atoms with Gasteiger partial charge < -0.3 is 8.83 Å². The maximum atomic E-state index is 6.48. The van der Waals surface area contributed by atoms with Crippen LogP contribution in [0.4, 0.5) is 0 Å². The second-order valence-electron chi connectivity index (χ2n) is 38.8. The van der Waals surface area contributed by atoms with Gasteiger partial charge in [0.1, 0.15) is 38.5 Å². The highest BCUT2D eigenvalue weighted by Gasteiger charge is 2.46. The molecule has 2 aliphatic carbocycles. The number of thiophene rings is 2. The number of hydrogen-bond donors (Lipinski definition) is 0. The van der Waals surface area contributed by atoms with E-state index in [1.807, 2.05) is 40.9 Å². The summed E-state index contributed by atoms with van der Waals surface area (Å²) in [4.78, 5) is 0. The largest absolute Gasteiger partial charge is 0.455 e. The summed E-state index contributed by atoms with van der Waals surface area (Å²) in [6.07, 6.45) is 0. The lowest BCUT2D eigenvalue weighted by Gasteiger charge is -2.28. The quantitative estimate of drug-likeness (QED) is 0.112. The first kappa shape index (κ1) is 72.1. The standard InChI is InChI=1S/C34H26.C32H26Si2.C28H14O2.C28H14S2/c2*1-33(2)26-14-7-5-11-20(26)24-18-25-29-23(31(24)33)17-16-19-10-9-13-22(28(19)29)30-21-12-6-8-15-27(21)34(3,4)32(25)30;2*1-3-10-22-16(7-1)20-14-21-25-19(27(20)29-22)13-12-15-6-5-9-18(24(15)25)26-17-8-2-4-11-23(17)30-28(21)26/h2*5-18H,1-4H3;2*1-14H. The number of para-hydroxylation sites is 2. The van der Waals surface area contributed by atoms with Gasteiger partial charge in [0.05, 0.1) is 0 Å². The molecule has 0 unspecified atom stereocenters. The van der Waals surface area contributed by atoms with Crippen LogP contribution in [0.25, 0.3) is 258 Å². The molecule has 0 fully saturated rings. The van der Waals surface area contributed by atoms with Crippen molar-refractivity contribution in [3.8, 4) is 44.5 Å². The number of benzene rings is 24. The highest BCUT2D eigenvalue weighted by Crippen LogP contribution is 2.61. The van der Waals surface area contributed by atoms with E-state index in [4.69, 9.17) is 8.83 Å². The fourth-order valence-corrected chi connectivity index (χ4v) is 35.2. The average molecular weight is 1700 g/mol. The van der Waals surface area contributed by atoms with Crippen molar-refractivity contribution in [3.05, 3.63) is 362 Å². The van der Waals surface area contributed by atoms with Crippen molar-refractivity contribution in [2.24, 2.45) is 0 Å². The molecule has 0 radical (unpaired) electrons. The third-order valence-corrected chi connectivity index (χ3v) is 40.6. The fraction of sp³-hybridized carbons (Fsp3) is 0.0820. The third kappa shape index (κ3) is 9.06. The van der Waals surface area contributed by atoms with Gasteiger partial charge in [-0.2, -0.15) is 0 Å². The molecule has 28 aromatic rings. The van der Waals surface area contributed by atoms with Crippen LogP contribution < -0.4 is 20.7 Å². The molecule has 4 aliphatic rings. The molecule has 0 spiro atoms. The Bertz CT molecular complexity index is 9300. The molecule has 600 valence electrons. The van der Waals surface area contributed by atoms with E-state index in [9.17, 15) is 0 Å². The molecule has 0 saturated carbocycles. The van der Waals surface area contributed by atoms with Gasteiger partial charge in [0, 0.05) is 105 Å². The van der Waals surface area contributed by atoms with Gasteiger partial charge >= 0.3 is 0 Å². The van der Waals surface area contributed by atoms with Gasteiger partial charge in [0.15, 0.2) is 0 Å². The first-order chi connectivity index (χ1) is 62.6. The molecule has 2 nitrogen and oxygen atoms in total. The van der Waals surface area contributed by atoms with E-state index >= 15 is 0 Å². The van der Waals surface area contributed by atoms with Gasteiger partial charge in [-0.1, -0.05) is 339 Å². The molecule has 24 aromatic carbocycles. The van der Waals surface area contributed by atoms with Crippen LogP contribution in [0, 0.1) is 0 Å². The van der Waals surface area contributed by atoms with Crippen molar-refractivity contribution in [1.29, 1.82) is 0 Å². The van der Waals surface area contributed by atoms with E-state index in [2.05, 4.69) is 375 Å². The molecule has 2 aliphatic heterocycles. The Labute approximate surface area is 747 Å². The lowest BCUT2D eigenvalue weighted by molar-refractivity contribution is 0.664. The molecule has 128 heavy (non-hydrogen) atoms. The molecule has 4 aromatic heterocycles. The Balaban J connectivity index is 0.0000000846. The summed E-state index contributed by atoms with van der Waals surface area (Å²) in [5.41, 5.74) is 21.2. The molecule has 6 heteroatoms. The van der Waals surface area contributed by atoms with Crippen molar-refractivity contribution in [2.75, 3.05) is 0 Å². The fourth-order valence-electron chi connectivity index (χ4n) is 25.9. The monoisotopic (exact) mass is 1700 g/mol. The number of hydrogen-bond acceptors (Lipinski definition) is 4. The number of furan rings is 2. The lowest BCUT2D eigenvalue weighted by atomic mass is 9.75. The van der Waals surface area contributed by atoms with Crippen molar-refractivity contribution in [3.63, 3.8) is 0 Å². The summed E-state index contributed by atoms with van der Waals surface area (Å²) in [6.45, 7) is 19.9. The van der Waals surface area contributed by atoms with Gasteiger partial charge in [0.25, 0.3) is 0 Å². The maximum Gasteiger partial charge on any atom is 0.143 e. The van der Waals surface area contributed by atoms with E-state index in [-0.39, 0.29) is 10.8 Å². The predicted molar refractivity (Wildman–Crippen MR) is 560 cm³/mol. The average Bonchev–Trinajstić information content (AvgIpc) is 1.51. The van der Waals surface area contributed by atoms with Crippen LogP contribution >= 0.6 is 22.7 Å². The van der Waals surface area contributed by atoms with Crippen molar-refractivity contribution in [1.82, 2.24) is 0 Å². The van der Waals surface area contributed by atoms with Gasteiger partial charge in [-0.15, -0.1) is 22.7 Å². The highest BCUT2D eigenvalue weighted by molar-refractivity contribution is 7.28. The Morgan fingerprint density at radius 3 is 1.38 bits per heavy atom. The molecule has 0 N–H and O–H groups in total. The van der Waals surface area contributed by atoms with Crippen molar-refractivity contribution < 1.29 is 8.83 Å². The summed E-state index contributed by atoms with van der Waals surface area (Å²) in [5, 5.41) is 49.6. The van der Waals surface area contributed by atoms with Crippen molar-refractivity contribution >= 4 is 273 Å². The molecule has 0 atom stereocenters. The molecule has 0 saturated heterocycles. The van der Waals surface area contributed by atoms with E-state index in [0.717, 1.165) is 43.9 Å². The normalized spacial score (nSPS) is 14.8. The minimum Gasteiger partial charge on any atom is -0.455 e. The first-order valence-corrected chi connectivity index (χ1v) is 52.8. The Morgan fingerprint density at radius 2 is 0.680 bits per heavy atom. The third-order valence-electron chi connectivity index (χ3n) is 31.1. The summed E-state index contributed by atoms with van der Waals surface area (Å²) in [6, 6.07) is 127. The summed E-state index contributed by atoms with van der Waals surface area (Å²) >= 11 is 3.87. The minimum atomic E-state index is -1.85. The Hall–Kier alpha value is -14.1. The van der Waals surface area contributed by atoms with Crippen LogP contribution in [0.15, 0.2) is 349 Å². The second-order valence-corrected chi connectivity index (χ2v) is 49.5. The van der Waals surface area contributed by atoms with Crippen LogP contribution in [-0.4, -0.2) is 16.1 Å². The molecule has 0 amide bonds. The van der Waals surface area contributed by atoms with Crippen LogP contribution in [-0.2, 0) is 10.8 Å². The Kier molecular flexibility index (Phi) is 14.1. The SMILES string of the molecule is CC1(C)c2ccccc2-c2cc3c4c(c5cccc6ccc(c21)c3c65)-c1ccccc1C4(C)C.C[Si]1(C)c2ccccc2-c2cc3c4c(c5cccc6ccc(c21)c3c65)-c1ccccc1[Si]4(C)C.c1ccc2c(c1)oc1c2cc2c3oc4ccccc4c3c3cccc4ccc1c2c43.c1ccc2c(c1)sc1c2cc2c3sc4ccccc4c3c3cccc4ccc1c2c43. The minimum absolute atomic E-state index is 0.0180. The second kappa shape index (κ2) is 25.0. The van der Waals surface area contributed by atoms with Crippen LogP contribution in [0.1, 0.15) is 49.9 Å². The zero-order valence-electron chi connectivity index (χ0n) is 72.0. The molecular formula is C122H80O2S2Si2. The summed E-state index contributed by atoms with van der Waals surface area (Å²) in [5.74, 6) is 0. The van der Waals surface area contributed by atoms with Gasteiger partial charge in [-0.05, 0) is 239 Å². The lowest BCUT2D eigenvalue weighted by Crippen LogP contribution is -2.50. The molecule has 0 bridgehead atoms. The van der Waals surface area contributed by atoms with E-state index in [1.165, 1.54) is 236 Å². The molecule has 32 rings (SSSR count). The van der Waals surface area contributed by atoms with E-state index in [1.54, 1.807) is 20.7 Å². The maximum absolute atomic E-state index is 6.48. The Morgan fingerprint density at radius 1 is 0.227 bits per heavy atom. The zero-order chi connectivity index (χ0) is 84.8. The number of fused-ring (bicyclic) bond motifs is 36.